The number of rotatable bonds is 6. The first-order chi connectivity index (χ1) is 9.01. The van der Waals surface area contributed by atoms with Gasteiger partial charge in [0.15, 0.2) is 5.96 Å². The number of guanidine groups is 1. The Morgan fingerprint density at radius 1 is 1.32 bits per heavy atom. The van der Waals surface area contributed by atoms with Crippen LogP contribution in [-0.2, 0) is 14.8 Å². The molecule has 0 aromatic rings. The molecule has 1 aliphatic rings. The normalized spacial score (nSPS) is 18.5. The molecule has 7 nitrogen and oxygen atoms in total. The van der Waals surface area contributed by atoms with Gasteiger partial charge in [-0.2, -0.15) is 4.31 Å². The molecular weight excluding hydrogens is 268 g/mol. The standard InChI is InChI=1S/C11H24N4O3S/c1-3-14(4-2)11(12)13-5-10-19(16,17)15-6-8-18-9-7-15/h3-10H2,1-2H3,(H2,12,13). The van der Waals surface area contributed by atoms with Crippen molar-refractivity contribution in [1.29, 1.82) is 0 Å². The lowest BCUT2D eigenvalue weighted by Gasteiger charge is -2.25. The van der Waals surface area contributed by atoms with E-state index in [2.05, 4.69) is 4.99 Å². The molecular formula is C11H24N4O3S. The van der Waals surface area contributed by atoms with Crippen LogP contribution in [0.5, 0.6) is 0 Å². The van der Waals surface area contributed by atoms with Crippen LogP contribution in [-0.4, -0.2) is 75.3 Å². The number of hydrogen-bond acceptors (Lipinski definition) is 4. The highest BCUT2D eigenvalue weighted by molar-refractivity contribution is 7.89. The fourth-order valence-corrected chi connectivity index (χ4v) is 3.16. The third-order valence-electron chi connectivity index (χ3n) is 3.07. The van der Waals surface area contributed by atoms with Crippen molar-refractivity contribution in [2.24, 2.45) is 10.7 Å². The zero-order chi connectivity index (χ0) is 14.3. The molecule has 8 heteroatoms. The molecule has 19 heavy (non-hydrogen) atoms. The third-order valence-corrected chi connectivity index (χ3v) is 4.92. The van der Waals surface area contributed by atoms with Crippen LogP contribution in [0.4, 0.5) is 0 Å². The van der Waals surface area contributed by atoms with E-state index in [1.54, 1.807) is 0 Å². The molecule has 0 bridgehead atoms. The minimum absolute atomic E-state index is 0.00499. The molecule has 0 amide bonds. The fourth-order valence-electron chi connectivity index (χ4n) is 1.88. The monoisotopic (exact) mass is 292 g/mol. The maximum atomic E-state index is 12.0. The zero-order valence-electron chi connectivity index (χ0n) is 11.7. The second kappa shape index (κ2) is 7.66. The molecule has 112 valence electrons. The highest BCUT2D eigenvalue weighted by Crippen LogP contribution is 2.05. The fraction of sp³-hybridized carbons (Fsp3) is 0.909. The number of aliphatic imine (C=N–C) groups is 1. The molecule has 0 aromatic carbocycles. The maximum Gasteiger partial charge on any atom is 0.216 e. The van der Waals surface area contributed by atoms with Crippen LogP contribution in [0.3, 0.4) is 0 Å². The lowest BCUT2D eigenvalue weighted by Crippen LogP contribution is -2.42. The molecule has 1 aliphatic heterocycles. The van der Waals surface area contributed by atoms with E-state index in [-0.39, 0.29) is 12.3 Å². The third kappa shape index (κ3) is 4.96. The van der Waals surface area contributed by atoms with Crippen molar-refractivity contribution >= 4 is 16.0 Å². The number of ether oxygens (including phenoxy) is 1. The van der Waals surface area contributed by atoms with Gasteiger partial charge < -0.3 is 15.4 Å². The summed E-state index contributed by atoms with van der Waals surface area (Å²) in [5, 5.41) is 0. The summed E-state index contributed by atoms with van der Waals surface area (Å²) >= 11 is 0. The van der Waals surface area contributed by atoms with Gasteiger partial charge in [-0.25, -0.2) is 8.42 Å². The van der Waals surface area contributed by atoms with E-state index in [9.17, 15) is 8.42 Å². The molecule has 2 N–H and O–H groups in total. The largest absolute Gasteiger partial charge is 0.379 e. The molecule has 0 aromatic heterocycles. The summed E-state index contributed by atoms with van der Waals surface area (Å²) in [6, 6.07) is 0. The number of morpholine rings is 1. The van der Waals surface area contributed by atoms with Gasteiger partial charge in [0.2, 0.25) is 10.0 Å². The molecule has 0 saturated carbocycles. The van der Waals surface area contributed by atoms with E-state index in [4.69, 9.17) is 10.5 Å². The first-order valence-electron chi connectivity index (χ1n) is 6.61. The smallest absolute Gasteiger partial charge is 0.216 e. The molecule has 0 atom stereocenters. The van der Waals surface area contributed by atoms with Crippen molar-refractivity contribution in [2.75, 3.05) is 51.7 Å². The summed E-state index contributed by atoms with van der Waals surface area (Å²) in [6.07, 6.45) is 0. The molecule has 1 fully saturated rings. The first kappa shape index (κ1) is 16.2. The van der Waals surface area contributed by atoms with Crippen molar-refractivity contribution in [1.82, 2.24) is 9.21 Å². The number of hydrogen-bond donors (Lipinski definition) is 1. The van der Waals surface area contributed by atoms with Crippen molar-refractivity contribution in [3.63, 3.8) is 0 Å². The van der Waals surface area contributed by atoms with Crippen LogP contribution < -0.4 is 5.73 Å². The Kier molecular flexibility index (Phi) is 6.53. The van der Waals surface area contributed by atoms with Crippen molar-refractivity contribution in [3.05, 3.63) is 0 Å². The average Bonchev–Trinajstić information content (AvgIpc) is 2.41. The van der Waals surface area contributed by atoms with E-state index in [0.29, 0.717) is 32.3 Å². The van der Waals surface area contributed by atoms with Crippen LogP contribution in [0, 0.1) is 0 Å². The second-order valence-corrected chi connectivity index (χ2v) is 6.33. The molecule has 1 saturated heterocycles. The van der Waals surface area contributed by atoms with Crippen molar-refractivity contribution in [3.8, 4) is 0 Å². The Labute approximate surface area is 115 Å². The van der Waals surface area contributed by atoms with Crippen LogP contribution >= 0.6 is 0 Å². The number of nitrogens with two attached hydrogens (primary N) is 1. The Morgan fingerprint density at radius 2 is 1.89 bits per heavy atom. The summed E-state index contributed by atoms with van der Waals surface area (Å²) in [5.74, 6) is 0.400. The number of nitrogens with zero attached hydrogens (tertiary/aromatic N) is 3. The van der Waals surface area contributed by atoms with Gasteiger partial charge in [-0.3, -0.25) is 4.99 Å². The van der Waals surface area contributed by atoms with Crippen LogP contribution in [0.15, 0.2) is 4.99 Å². The van der Waals surface area contributed by atoms with E-state index in [1.807, 2.05) is 18.7 Å². The van der Waals surface area contributed by atoms with Gasteiger partial charge in [0.05, 0.1) is 25.5 Å². The minimum Gasteiger partial charge on any atom is -0.379 e. The van der Waals surface area contributed by atoms with Crippen molar-refractivity contribution < 1.29 is 13.2 Å². The maximum absolute atomic E-state index is 12.0. The summed E-state index contributed by atoms with van der Waals surface area (Å²) in [6.45, 7) is 7.47. The lowest BCUT2D eigenvalue weighted by molar-refractivity contribution is 0.0731. The van der Waals surface area contributed by atoms with E-state index in [1.165, 1.54) is 4.31 Å². The quantitative estimate of drug-likeness (QED) is 0.517. The highest BCUT2D eigenvalue weighted by Gasteiger charge is 2.23. The van der Waals surface area contributed by atoms with Gasteiger partial charge in [0.25, 0.3) is 0 Å². The van der Waals surface area contributed by atoms with Gasteiger partial charge in [-0.05, 0) is 13.8 Å². The summed E-state index contributed by atoms with van der Waals surface area (Å²) in [4.78, 5) is 6.02. The average molecular weight is 292 g/mol. The molecule has 0 aliphatic carbocycles. The van der Waals surface area contributed by atoms with Crippen LogP contribution in [0.1, 0.15) is 13.8 Å². The molecule has 0 radical (unpaired) electrons. The summed E-state index contributed by atoms with van der Waals surface area (Å²) < 4.78 is 30.6. The zero-order valence-corrected chi connectivity index (χ0v) is 12.5. The predicted molar refractivity (Wildman–Crippen MR) is 75.6 cm³/mol. The number of sulfonamides is 1. The van der Waals surface area contributed by atoms with Gasteiger partial charge in [-0.1, -0.05) is 0 Å². The minimum atomic E-state index is -3.25. The Bertz CT molecular complexity index is 387. The van der Waals surface area contributed by atoms with Gasteiger partial charge >= 0.3 is 0 Å². The predicted octanol–water partition coefficient (Wildman–Crippen LogP) is -0.695. The lowest BCUT2D eigenvalue weighted by atomic mass is 10.5. The summed E-state index contributed by atoms with van der Waals surface area (Å²) in [5.41, 5.74) is 5.79. The Hall–Kier alpha value is -0.860. The van der Waals surface area contributed by atoms with Crippen LogP contribution in [0.2, 0.25) is 0 Å². The second-order valence-electron chi connectivity index (χ2n) is 4.24. The first-order valence-corrected chi connectivity index (χ1v) is 8.22. The van der Waals surface area contributed by atoms with Crippen LogP contribution in [0.25, 0.3) is 0 Å². The molecule has 0 unspecified atom stereocenters. The van der Waals surface area contributed by atoms with E-state index >= 15 is 0 Å². The SMILES string of the molecule is CCN(CC)C(N)=NCCS(=O)(=O)N1CCOCC1. The van der Waals surface area contributed by atoms with Gasteiger partial charge in [-0.15, -0.1) is 0 Å². The Morgan fingerprint density at radius 3 is 2.42 bits per heavy atom. The van der Waals surface area contributed by atoms with Gasteiger partial charge in [0, 0.05) is 26.2 Å². The molecule has 1 heterocycles. The van der Waals surface area contributed by atoms with E-state index in [0.717, 1.165) is 13.1 Å². The Balaban J connectivity index is 2.48. The topological polar surface area (TPSA) is 88.2 Å². The summed E-state index contributed by atoms with van der Waals surface area (Å²) in [7, 11) is -3.25. The van der Waals surface area contributed by atoms with Gasteiger partial charge in [0.1, 0.15) is 0 Å². The van der Waals surface area contributed by atoms with Crippen molar-refractivity contribution in [2.45, 2.75) is 13.8 Å². The molecule has 1 rings (SSSR count). The molecule has 0 spiro atoms. The van der Waals surface area contributed by atoms with E-state index < -0.39 is 10.0 Å². The highest BCUT2D eigenvalue weighted by atomic mass is 32.2.